The van der Waals surface area contributed by atoms with Crippen LogP contribution in [0.2, 0.25) is 10.0 Å². The molecule has 1 amide bonds. The third-order valence-electron chi connectivity index (χ3n) is 7.14. The molecule has 0 bridgehead atoms. The third-order valence-corrected chi connectivity index (χ3v) is 9.34. The van der Waals surface area contributed by atoms with E-state index in [4.69, 9.17) is 23.2 Å². The summed E-state index contributed by atoms with van der Waals surface area (Å²) in [6.45, 7) is 13.1. The van der Waals surface area contributed by atoms with Gasteiger partial charge in [0.2, 0.25) is 5.91 Å². The van der Waals surface area contributed by atoms with Crippen molar-refractivity contribution in [2.75, 3.05) is 31.1 Å². The molecule has 0 spiro atoms. The topological polar surface area (TPSA) is 58.6 Å². The first kappa shape index (κ1) is 33.8. The molecular weight excluding hydrogens is 594 g/mol. The highest BCUT2D eigenvalue weighted by Crippen LogP contribution is 2.38. The minimum absolute atomic E-state index is 0.00299. The number of carbonyl (C=O) groups is 1. The predicted molar refractivity (Wildman–Crippen MR) is 163 cm³/mol. The number of hydrogen-bond acceptors (Lipinski definition) is 4. The van der Waals surface area contributed by atoms with E-state index in [0.29, 0.717) is 60.3 Å². The highest BCUT2D eigenvalue weighted by molar-refractivity contribution is 7.90. The van der Waals surface area contributed by atoms with Crippen LogP contribution in [0.15, 0.2) is 36.4 Å². The van der Waals surface area contributed by atoms with Crippen molar-refractivity contribution in [3.63, 3.8) is 0 Å². The van der Waals surface area contributed by atoms with E-state index in [9.17, 15) is 22.5 Å². The first-order valence-electron chi connectivity index (χ1n) is 13.8. The number of piperazine rings is 1. The fourth-order valence-electron chi connectivity index (χ4n) is 4.90. The number of amides is 1. The molecule has 1 heterocycles. The Morgan fingerprint density at radius 1 is 1.02 bits per heavy atom. The Hall–Kier alpha value is -1.65. The van der Waals surface area contributed by atoms with Crippen LogP contribution in [-0.4, -0.2) is 46.3 Å². The van der Waals surface area contributed by atoms with E-state index >= 15 is 0 Å². The molecule has 1 aliphatic rings. The average molecular weight is 635 g/mol. The molecular formula is C30H40Cl2F3N3O2S. The monoisotopic (exact) mass is 633 g/mol. The number of alkyl halides is 3. The lowest BCUT2D eigenvalue weighted by atomic mass is 9.94. The average Bonchev–Trinajstić information content (AvgIpc) is 2.87. The van der Waals surface area contributed by atoms with Crippen molar-refractivity contribution < 1.29 is 22.5 Å². The van der Waals surface area contributed by atoms with E-state index < -0.39 is 33.9 Å². The van der Waals surface area contributed by atoms with Crippen LogP contribution in [0, 0.1) is 11.8 Å². The van der Waals surface area contributed by atoms with Gasteiger partial charge in [-0.2, -0.15) is 13.2 Å². The third kappa shape index (κ3) is 9.17. The van der Waals surface area contributed by atoms with Gasteiger partial charge in [-0.3, -0.25) is 4.79 Å². The van der Waals surface area contributed by atoms with E-state index in [2.05, 4.69) is 4.72 Å². The molecule has 11 heteroatoms. The Bertz CT molecular complexity index is 1200. The van der Waals surface area contributed by atoms with Crippen LogP contribution in [0.25, 0.3) is 0 Å². The van der Waals surface area contributed by atoms with Crippen LogP contribution in [-0.2, 0) is 28.8 Å². The highest BCUT2D eigenvalue weighted by Gasteiger charge is 2.36. The molecule has 1 fully saturated rings. The lowest BCUT2D eigenvalue weighted by Crippen LogP contribution is -2.51. The molecule has 1 N–H and O–H groups in total. The molecule has 2 aromatic carbocycles. The fourth-order valence-corrected chi connectivity index (χ4v) is 6.22. The second kappa shape index (κ2) is 13.8. The van der Waals surface area contributed by atoms with E-state index in [1.54, 1.807) is 17.0 Å². The lowest BCUT2D eigenvalue weighted by molar-refractivity contribution is -0.137. The number of anilines is 1. The van der Waals surface area contributed by atoms with Gasteiger partial charge in [0.25, 0.3) is 0 Å². The largest absolute Gasteiger partial charge is 0.598 e. The quantitative estimate of drug-likeness (QED) is 0.288. The Morgan fingerprint density at radius 3 is 2.20 bits per heavy atom. The normalized spacial score (nSPS) is 17.1. The molecule has 41 heavy (non-hydrogen) atoms. The van der Waals surface area contributed by atoms with Gasteiger partial charge in [0.1, 0.15) is 4.75 Å². The van der Waals surface area contributed by atoms with Crippen molar-refractivity contribution in [1.82, 2.24) is 9.62 Å². The maximum atomic E-state index is 13.8. The van der Waals surface area contributed by atoms with Gasteiger partial charge in [-0.1, -0.05) is 50.0 Å². The first-order chi connectivity index (χ1) is 19.0. The minimum atomic E-state index is -4.51. The smallest absolute Gasteiger partial charge is 0.416 e. The van der Waals surface area contributed by atoms with Gasteiger partial charge in [-0.05, 0) is 81.0 Å². The number of nitrogens with zero attached hydrogens (tertiary/aromatic N) is 2. The lowest BCUT2D eigenvalue weighted by Gasteiger charge is -2.39. The minimum Gasteiger partial charge on any atom is -0.598 e. The van der Waals surface area contributed by atoms with Gasteiger partial charge in [0.15, 0.2) is 0 Å². The summed E-state index contributed by atoms with van der Waals surface area (Å²) in [5.74, 6) is -0.144. The second-order valence-corrected chi connectivity index (χ2v) is 14.9. The number of carbonyl (C=O) groups excluding carboxylic acids is 1. The molecule has 0 aliphatic carbocycles. The molecule has 5 nitrogen and oxygen atoms in total. The van der Waals surface area contributed by atoms with Crippen molar-refractivity contribution in [2.45, 2.75) is 71.3 Å². The second-order valence-electron chi connectivity index (χ2n) is 12.1. The van der Waals surface area contributed by atoms with Crippen LogP contribution in [0.5, 0.6) is 0 Å². The Balaban J connectivity index is 1.82. The van der Waals surface area contributed by atoms with Crippen molar-refractivity contribution >= 4 is 46.2 Å². The zero-order chi connectivity index (χ0) is 30.7. The van der Waals surface area contributed by atoms with Crippen molar-refractivity contribution in [1.29, 1.82) is 0 Å². The number of halogens is 5. The van der Waals surface area contributed by atoms with Gasteiger partial charge in [0, 0.05) is 59.2 Å². The van der Waals surface area contributed by atoms with Crippen molar-refractivity contribution in [2.24, 2.45) is 11.8 Å². The molecule has 0 saturated carbocycles. The first-order valence-corrected chi connectivity index (χ1v) is 15.7. The van der Waals surface area contributed by atoms with E-state index in [0.717, 1.165) is 11.6 Å². The van der Waals surface area contributed by atoms with Crippen LogP contribution in [0.1, 0.15) is 70.7 Å². The van der Waals surface area contributed by atoms with Crippen molar-refractivity contribution in [3.8, 4) is 0 Å². The van der Waals surface area contributed by atoms with E-state index in [-0.39, 0.29) is 17.7 Å². The predicted octanol–water partition coefficient (Wildman–Crippen LogP) is 7.68. The molecule has 2 unspecified atom stereocenters. The maximum Gasteiger partial charge on any atom is 0.416 e. The SMILES string of the molecule is CC(C)C[C@H](N[S+]([O-])C(C)(C)C)c1cc(C(F)(F)F)ccc1N1CCN(C(=O)C(C)Cc2ccc(Cl)cc2Cl)CC1. The van der Waals surface area contributed by atoms with Gasteiger partial charge in [0.05, 0.1) is 11.6 Å². The summed E-state index contributed by atoms with van der Waals surface area (Å²) in [7, 11) is 0. The summed E-state index contributed by atoms with van der Waals surface area (Å²) in [6, 6.07) is 8.48. The molecule has 3 atom stereocenters. The van der Waals surface area contributed by atoms with Gasteiger partial charge in [-0.25, -0.2) is 0 Å². The fraction of sp³-hybridized carbons (Fsp3) is 0.567. The zero-order valence-corrected chi connectivity index (χ0v) is 26.8. The summed E-state index contributed by atoms with van der Waals surface area (Å²) in [6.07, 6.45) is -3.52. The van der Waals surface area contributed by atoms with Gasteiger partial charge in [-0.15, -0.1) is 4.72 Å². The van der Waals surface area contributed by atoms with Crippen LogP contribution in [0.3, 0.4) is 0 Å². The van der Waals surface area contributed by atoms with Crippen molar-refractivity contribution in [3.05, 3.63) is 63.1 Å². The van der Waals surface area contributed by atoms with Gasteiger partial charge < -0.3 is 14.4 Å². The Morgan fingerprint density at radius 2 is 1.66 bits per heavy atom. The van der Waals surface area contributed by atoms with E-state index in [1.807, 2.05) is 52.5 Å². The molecule has 1 aliphatic heterocycles. The van der Waals surface area contributed by atoms with E-state index in [1.165, 1.54) is 12.1 Å². The zero-order valence-electron chi connectivity index (χ0n) is 24.4. The Labute approximate surface area is 255 Å². The number of rotatable bonds is 9. The van der Waals surface area contributed by atoms with Crippen LogP contribution in [0.4, 0.5) is 18.9 Å². The summed E-state index contributed by atoms with van der Waals surface area (Å²) >= 11 is 10.8. The number of hydrogen-bond donors (Lipinski definition) is 1. The summed E-state index contributed by atoms with van der Waals surface area (Å²) in [4.78, 5) is 17.1. The van der Waals surface area contributed by atoms with Gasteiger partial charge >= 0.3 is 6.18 Å². The van der Waals surface area contributed by atoms with Crippen LogP contribution < -0.4 is 9.62 Å². The molecule has 0 aromatic heterocycles. The summed E-state index contributed by atoms with van der Waals surface area (Å²) in [5, 5.41) is 1.06. The molecule has 228 valence electrons. The van der Waals surface area contributed by atoms with Crippen LogP contribution >= 0.6 is 23.2 Å². The highest BCUT2D eigenvalue weighted by atomic mass is 35.5. The number of nitrogens with one attached hydrogen (secondary N) is 1. The molecule has 3 rings (SSSR count). The summed E-state index contributed by atoms with van der Waals surface area (Å²) in [5.41, 5.74) is 1.24. The molecule has 1 saturated heterocycles. The number of benzene rings is 2. The standard InChI is InChI=1S/C30H40Cl2F3N3O2S/c1-19(2)15-26(36-41(40)29(4,5)6)24-17-22(30(33,34)35)8-10-27(24)37-11-13-38(14-12-37)28(39)20(3)16-21-7-9-23(31)18-25(21)32/h7-10,17-20,26,36H,11-16H2,1-6H3/t20?,26-,41?/m0/s1. The maximum absolute atomic E-state index is 13.8. The molecule has 2 aromatic rings. The summed E-state index contributed by atoms with van der Waals surface area (Å²) < 4.78 is 56.9. The molecule has 0 radical (unpaired) electrons. The Kier molecular flexibility index (Phi) is 11.4.